The van der Waals surface area contributed by atoms with Crippen LogP contribution in [0.2, 0.25) is 0 Å². The van der Waals surface area contributed by atoms with Crippen molar-refractivity contribution in [2.45, 2.75) is 20.8 Å². The standard InChI is InChI=1S/C17H14BrNO2/c1-9-4-5-10(2)15-14(9)16(20)19(17(15)21)13-7-6-12(18)8-11(13)3/h4-8H,1-3H3. The predicted molar refractivity (Wildman–Crippen MR) is 85.9 cm³/mol. The van der Waals surface area contributed by atoms with Gasteiger partial charge in [-0.3, -0.25) is 9.59 Å². The molecule has 0 saturated carbocycles. The van der Waals surface area contributed by atoms with Crippen LogP contribution in [-0.2, 0) is 0 Å². The second kappa shape index (κ2) is 4.81. The minimum absolute atomic E-state index is 0.235. The second-order valence-corrected chi connectivity index (χ2v) is 6.24. The predicted octanol–water partition coefficient (Wildman–Crippen LogP) is 4.17. The van der Waals surface area contributed by atoms with Crippen LogP contribution in [0.15, 0.2) is 34.8 Å². The summed E-state index contributed by atoms with van der Waals surface area (Å²) in [5, 5.41) is 0. The molecule has 0 N–H and O–H groups in total. The van der Waals surface area contributed by atoms with Crippen LogP contribution in [0.3, 0.4) is 0 Å². The van der Waals surface area contributed by atoms with Gasteiger partial charge in [-0.15, -0.1) is 0 Å². The molecule has 2 amide bonds. The van der Waals surface area contributed by atoms with Crippen LogP contribution < -0.4 is 4.90 Å². The molecule has 0 bridgehead atoms. The number of carbonyl (C=O) groups excluding carboxylic acids is 2. The maximum absolute atomic E-state index is 12.7. The van der Waals surface area contributed by atoms with Crippen LogP contribution in [0.4, 0.5) is 5.69 Å². The van der Waals surface area contributed by atoms with E-state index in [0.717, 1.165) is 21.2 Å². The summed E-state index contributed by atoms with van der Waals surface area (Å²) in [6, 6.07) is 9.31. The number of hydrogen-bond donors (Lipinski definition) is 0. The normalized spacial score (nSPS) is 13.8. The number of rotatable bonds is 1. The van der Waals surface area contributed by atoms with E-state index in [1.807, 2.05) is 45.0 Å². The third-order valence-electron chi connectivity index (χ3n) is 3.86. The molecule has 1 aliphatic rings. The third kappa shape index (κ3) is 2.02. The van der Waals surface area contributed by atoms with Crippen molar-refractivity contribution in [2.24, 2.45) is 0 Å². The fourth-order valence-electron chi connectivity index (χ4n) is 2.77. The first-order valence-electron chi connectivity index (χ1n) is 6.67. The van der Waals surface area contributed by atoms with Crippen molar-refractivity contribution in [2.75, 3.05) is 4.90 Å². The summed E-state index contributed by atoms with van der Waals surface area (Å²) >= 11 is 3.40. The summed E-state index contributed by atoms with van der Waals surface area (Å²) in [7, 11) is 0. The summed E-state index contributed by atoms with van der Waals surface area (Å²) in [5.41, 5.74) is 4.26. The first-order chi connectivity index (χ1) is 9.91. The Morgan fingerprint density at radius 1 is 0.810 bits per heavy atom. The number of carbonyl (C=O) groups is 2. The van der Waals surface area contributed by atoms with Crippen LogP contribution in [0.25, 0.3) is 0 Å². The number of anilines is 1. The highest BCUT2D eigenvalue weighted by Gasteiger charge is 2.39. The fraction of sp³-hybridized carbons (Fsp3) is 0.176. The minimum Gasteiger partial charge on any atom is -0.268 e. The maximum Gasteiger partial charge on any atom is 0.266 e. The topological polar surface area (TPSA) is 37.4 Å². The average molecular weight is 344 g/mol. The Kier molecular flexibility index (Phi) is 3.21. The molecule has 4 heteroatoms. The van der Waals surface area contributed by atoms with Crippen molar-refractivity contribution in [3.63, 3.8) is 0 Å². The van der Waals surface area contributed by atoms with Gasteiger partial charge in [-0.25, -0.2) is 4.90 Å². The highest BCUT2D eigenvalue weighted by Crippen LogP contribution is 2.34. The Morgan fingerprint density at radius 3 is 1.81 bits per heavy atom. The van der Waals surface area contributed by atoms with E-state index < -0.39 is 0 Å². The van der Waals surface area contributed by atoms with Crippen molar-refractivity contribution < 1.29 is 9.59 Å². The van der Waals surface area contributed by atoms with Gasteiger partial charge in [0.15, 0.2) is 0 Å². The molecular formula is C17H14BrNO2. The van der Waals surface area contributed by atoms with Gasteiger partial charge in [0.2, 0.25) is 0 Å². The highest BCUT2D eigenvalue weighted by molar-refractivity contribution is 9.10. The van der Waals surface area contributed by atoms with Crippen molar-refractivity contribution in [3.05, 3.63) is 62.6 Å². The molecule has 0 aromatic heterocycles. The average Bonchev–Trinajstić information content (AvgIpc) is 2.68. The molecule has 1 aliphatic heterocycles. The number of imide groups is 1. The highest BCUT2D eigenvalue weighted by atomic mass is 79.9. The summed E-state index contributed by atoms with van der Waals surface area (Å²) in [5.74, 6) is -0.469. The molecule has 0 radical (unpaired) electrons. The lowest BCUT2D eigenvalue weighted by Gasteiger charge is -2.16. The van der Waals surface area contributed by atoms with Gasteiger partial charge in [0.1, 0.15) is 0 Å². The first-order valence-corrected chi connectivity index (χ1v) is 7.46. The molecule has 3 rings (SSSR count). The number of nitrogens with zero attached hydrogens (tertiary/aromatic N) is 1. The minimum atomic E-state index is -0.235. The van der Waals surface area contributed by atoms with Crippen molar-refractivity contribution in [1.29, 1.82) is 0 Å². The largest absolute Gasteiger partial charge is 0.268 e. The molecule has 1 heterocycles. The third-order valence-corrected chi connectivity index (χ3v) is 4.35. The Labute approximate surface area is 131 Å². The van der Waals surface area contributed by atoms with Gasteiger partial charge >= 0.3 is 0 Å². The lowest BCUT2D eigenvalue weighted by molar-refractivity contribution is 0.0925. The molecule has 2 aromatic rings. The Morgan fingerprint density at radius 2 is 1.33 bits per heavy atom. The number of hydrogen-bond acceptors (Lipinski definition) is 2. The van der Waals surface area contributed by atoms with Crippen LogP contribution in [0.5, 0.6) is 0 Å². The van der Waals surface area contributed by atoms with E-state index in [9.17, 15) is 9.59 Å². The lowest BCUT2D eigenvalue weighted by atomic mass is 9.99. The molecule has 21 heavy (non-hydrogen) atoms. The number of benzene rings is 2. The molecular weight excluding hydrogens is 330 g/mol. The number of amides is 2. The van der Waals surface area contributed by atoms with E-state index in [1.54, 1.807) is 6.07 Å². The second-order valence-electron chi connectivity index (χ2n) is 5.33. The summed E-state index contributed by atoms with van der Waals surface area (Å²) in [4.78, 5) is 26.7. The molecule has 0 spiro atoms. The van der Waals surface area contributed by atoms with Gasteiger partial charge in [-0.1, -0.05) is 28.1 Å². The van der Waals surface area contributed by atoms with Crippen molar-refractivity contribution >= 4 is 33.4 Å². The molecule has 0 fully saturated rings. The number of aryl methyl sites for hydroxylation is 3. The number of halogens is 1. The lowest BCUT2D eigenvalue weighted by Crippen LogP contribution is -2.30. The van der Waals surface area contributed by atoms with Gasteiger partial charge in [0, 0.05) is 4.47 Å². The zero-order valence-corrected chi connectivity index (χ0v) is 13.6. The molecule has 0 unspecified atom stereocenters. The van der Waals surface area contributed by atoms with Crippen LogP contribution >= 0.6 is 15.9 Å². The van der Waals surface area contributed by atoms with Gasteiger partial charge in [-0.2, -0.15) is 0 Å². The van der Waals surface area contributed by atoms with E-state index in [-0.39, 0.29) is 11.8 Å². The molecule has 106 valence electrons. The molecule has 3 nitrogen and oxygen atoms in total. The van der Waals surface area contributed by atoms with E-state index in [1.165, 1.54) is 4.90 Å². The Hall–Kier alpha value is -1.94. The summed E-state index contributed by atoms with van der Waals surface area (Å²) in [6.07, 6.45) is 0. The molecule has 0 saturated heterocycles. The quantitative estimate of drug-likeness (QED) is 0.728. The van der Waals surface area contributed by atoms with Crippen molar-refractivity contribution in [1.82, 2.24) is 0 Å². The van der Waals surface area contributed by atoms with Gasteiger partial charge in [-0.05, 0) is 55.7 Å². The summed E-state index contributed by atoms with van der Waals surface area (Å²) < 4.78 is 0.924. The maximum atomic E-state index is 12.7. The SMILES string of the molecule is Cc1cc(Br)ccc1N1C(=O)c2c(C)ccc(C)c2C1=O. The van der Waals surface area contributed by atoms with Crippen LogP contribution in [0, 0.1) is 20.8 Å². The summed E-state index contributed by atoms with van der Waals surface area (Å²) in [6.45, 7) is 5.62. The van der Waals surface area contributed by atoms with Gasteiger partial charge in [0.05, 0.1) is 16.8 Å². The molecule has 2 aromatic carbocycles. The molecule has 0 aliphatic carbocycles. The van der Waals surface area contributed by atoms with E-state index in [2.05, 4.69) is 15.9 Å². The zero-order valence-electron chi connectivity index (χ0n) is 12.0. The first kappa shape index (κ1) is 14.0. The monoisotopic (exact) mass is 343 g/mol. The molecule has 0 atom stereocenters. The van der Waals surface area contributed by atoms with Gasteiger partial charge in [0.25, 0.3) is 11.8 Å². The van der Waals surface area contributed by atoms with E-state index in [4.69, 9.17) is 0 Å². The van der Waals surface area contributed by atoms with Crippen molar-refractivity contribution in [3.8, 4) is 0 Å². The van der Waals surface area contributed by atoms with Crippen LogP contribution in [0.1, 0.15) is 37.4 Å². The van der Waals surface area contributed by atoms with E-state index >= 15 is 0 Å². The Balaban J connectivity index is 2.21. The zero-order chi connectivity index (χ0) is 15.3. The number of fused-ring (bicyclic) bond motifs is 1. The Bertz CT molecular complexity index is 755. The fourth-order valence-corrected chi connectivity index (χ4v) is 3.24. The smallest absolute Gasteiger partial charge is 0.266 e. The van der Waals surface area contributed by atoms with Crippen LogP contribution in [-0.4, -0.2) is 11.8 Å². The van der Waals surface area contributed by atoms with Gasteiger partial charge < -0.3 is 0 Å². The van der Waals surface area contributed by atoms with E-state index in [0.29, 0.717) is 16.8 Å².